The predicted molar refractivity (Wildman–Crippen MR) is 115 cm³/mol. The molecule has 33 heavy (non-hydrogen) atoms. The molecule has 0 unspecified atom stereocenters. The lowest BCUT2D eigenvalue weighted by atomic mass is 10.2. The van der Waals surface area contributed by atoms with Crippen LogP contribution in [0.3, 0.4) is 0 Å². The van der Waals surface area contributed by atoms with Gasteiger partial charge < -0.3 is 19.9 Å². The number of hydrogen-bond acceptors (Lipinski definition) is 7. The van der Waals surface area contributed by atoms with Crippen LogP contribution in [0, 0.1) is 0 Å². The number of anilines is 2. The molecule has 4 rings (SSSR count). The first kappa shape index (κ1) is 22.5. The van der Waals surface area contributed by atoms with E-state index < -0.39 is 23.3 Å². The molecule has 1 fully saturated rings. The maximum Gasteiger partial charge on any atom is 0.434 e. The summed E-state index contributed by atoms with van der Waals surface area (Å²) in [4.78, 5) is 17.2. The van der Waals surface area contributed by atoms with E-state index >= 15 is 0 Å². The number of amides is 1. The minimum atomic E-state index is -4.85. The van der Waals surface area contributed by atoms with Gasteiger partial charge in [0.1, 0.15) is 0 Å². The molecule has 0 aliphatic carbocycles. The highest BCUT2D eigenvalue weighted by Crippen LogP contribution is 2.34. The summed E-state index contributed by atoms with van der Waals surface area (Å²) < 4.78 is 46.9. The van der Waals surface area contributed by atoms with Crippen LogP contribution in [0.2, 0.25) is 0 Å². The second-order valence-electron chi connectivity index (χ2n) is 7.54. The van der Waals surface area contributed by atoms with Crippen molar-refractivity contribution in [2.75, 3.05) is 50.6 Å². The molecule has 1 aliphatic heterocycles. The summed E-state index contributed by atoms with van der Waals surface area (Å²) in [6, 6.07) is 9.62. The van der Waals surface area contributed by atoms with Gasteiger partial charge in [-0.1, -0.05) is 0 Å². The molecule has 12 heteroatoms. The lowest BCUT2D eigenvalue weighted by molar-refractivity contribution is -0.143. The van der Waals surface area contributed by atoms with Crippen molar-refractivity contribution in [3.05, 3.63) is 53.9 Å². The number of likely N-dealkylation sites (N-methyl/N-ethyl adjacent to an activating group) is 1. The van der Waals surface area contributed by atoms with E-state index in [1.54, 1.807) is 12.1 Å². The van der Waals surface area contributed by atoms with Crippen LogP contribution in [0.15, 0.2) is 42.6 Å². The second kappa shape index (κ2) is 9.06. The normalized spacial score (nSPS) is 14.9. The van der Waals surface area contributed by atoms with Gasteiger partial charge in [-0.3, -0.25) is 4.79 Å². The van der Waals surface area contributed by atoms with E-state index in [0.717, 1.165) is 38.1 Å². The maximum atomic E-state index is 13.8. The number of rotatable bonds is 5. The average molecular weight is 461 g/mol. The molecule has 174 valence electrons. The van der Waals surface area contributed by atoms with Crippen LogP contribution in [-0.4, -0.2) is 71.1 Å². The number of carbonyl (C=O) groups excluding carboxylic acids is 1. The van der Waals surface area contributed by atoms with E-state index in [9.17, 15) is 18.0 Å². The van der Waals surface area contributed by atoms with Crippen LogP contribution in [0.25, 0.3) is 5.82 Å². The Balaban J connectivity index is 1.55. The minimum absolute atomic E-state index is 0.137. The molecule has 0 bridgehead atoms. The third-order valence-electron chi connectivity index (χ3n) is 5.33. The Morgan fingerprint density at radius 2 is 1.73 bits per heavy atom. The number of piperazine rings is 1. The van der Waals surface area contributed by atoms with Crippen molar-refractivity contribution in [3.63, 3.8) is 0 Å². The largest absolute Gasteiger partial charge is 0.480 e. The lowest BCUT2D eigenvalue weighted by Gasteiger charge is -2.34. The fraction of sp³-hybridized carbons (Fsp3) is 0.333. The summed E-state index contributed by atoms with van der Waals surface area (Å²) in [6.45, 7) is 3.65. The third-order valence-corrected chi connectivity index (χ3v) is 5.33. The van der Waals surface area contributed by atoms with Crippen LogP contribution in [-0.2, 0) is 6.18 Å². The number of ether oxygens (including phenoxy) is 1. The van der Waals surface area contributed by atoms with Crippen molar-refractivity contribution in [3.8, 4) is 11.7 Å². The molecule has 1 saturated heterocycles. The van der Waals surface area contributed by atoms with Gasteiger partial charge in [-0.15, -0.1) is 10.2 Å². The molecule has 0 atom stereocenters. The van der Waals surface area contributed by atoms with Crippen LogP contribution in [0.1, 0.15) is 16.1 Å². The first-order chi connectivity index (χ1) is 15.8. The molecule has 1 amide bonds. The standard InChI is InChI=1S/C21H22F3N7O2/c1-29-9-11-30(12-10-29)15-5-3-14(4-6-15)26-20(32)16-13-25-31(19(16)21(22,23)24)17-7-8-18(33-2)28-27-17/h3-8,13H,9-12H2,1-2H3,(H,26,32). The summed E-state index contributed by atoms with van der Waals surface area (Å²) in [6.07, 6.45) is -3.99. The Morgan fingerprint density at radius 3 is 2.30 bits per heavy atom. The first-order valence-corrected chi connectivity index (χ1v) is 10.1. The Hall–Kier alpha value is -3.67. The number of halogens is 3. The number of nitrogens with zero attached hydrogens (tertiary/aromatic N) is 6. The number of aromatic nitrogens is 4. The van der Waals surface area contributed by atoms with Crippen LogP contribution >= 0.6 is 0 Å². The van der Waals surface area contributed by atoms with E-state index in [1.165, 1.54) is 19.2 Å². The smallest absolute Gasteiger partial charge is 0.434 e. The highest BCUT2D eigenvalue weighted by atomic mass is 19.4. The fourth-order valence-electron chi connectivity index (χ4n) is 3.51. The van der Waals surface area contributed by atoms with E-state index in [4.69, 9.17) is 4.74 Å². The van der Waals surface area contributed by atoms with Crippen molar-refractivity contribution in [2.45, 2.75) is 6.18 Å². The van der Waals surface area contributed by atoms with E-state index in [1.807, 2.05) is 12.1 Å². The number of nitrogens with one attached hydrogen (secondary N) is 1. The molecule has 0 spiro atoms. The van der Waals surface area contributed by atoms with E-state index in [0.29, 0.717) is 10.4 Å². The second-order valence-corrected chi connectivity index (χ2v) is 7.54. The topological polar surface area (TPSA) is 88.4 Å². The predicted octanol–water partition coefficient (Wildman–Crippen LogP) is 2.69. The van der Waals surface area contributed by atoms with Crippen LogP contribution < -0.4 is 15.0 Å². The van der Waals surface area contributed by atoms with Gasteiger partial charge in [-0.25, -0.2) is 4.68 Å². The van der Waals surface area contributed by atoms with Gasteiger partial charge >= 0.3 is 6.18 Å². The monoisotopic (exact) mass is 461 g/mol. The van der Waals surface area contributed by atoms with Crippen LogP contribution in [0.5, 0.6) is 5.88 Å². The molecule has 0 saturated carbocycles. The van der Waals surface area contributed by atoms with Crippen molar-refractivity contribution in [2.24, 2.45) is 0 Å². The lowest BCUT2D eigenvalue weighted by Crippen LogP contribution is -2.44. The van der Waals surface area contributed by atoms with Gasteiger partial charge in [0, 0.05) is 43.6 Å². The first-order valence-electron chi connectivity index (χ1n) is 10.1. The highest BCUT2D eigenvalue weighted by molar-refractivity contribution is 6.05. The number of alkyl halides is 3. The van der Waals surface area contributed by atoms with Gasteiger partial charge in [0.15, 0.2) is 11.5 Å². The minimum Gasteiger partial charge on any atom is -0.480 e. The molecule has 9 nitrogen and oxygen atoms in total. The van der Waals surface area contributed by atoms with E-state index in [-0.39, 0.29) is 11.7 Å². The quantitative estimate of drug-likeness (QED) is 0.625. The molecule has 0 radical (unpaired) electrons. The van der Waals surface area contributed by atoms with Gasteiger partial charge in [0.05, 0.1) is 18.9 Å². The fourth-order valence-corrected chi connectivity index (χ4v) is 3.51. The summed E-state index contributed by atoms with van der Waals surface area (Å²) in [5.41, 5.74) is -0.497. The Morgan fingerprint density at radius 1 is 1.03 bits per heavy atom. The van der Waals surface area contributed by atoms with Crippen molar-refractivity contribution < 1.29 is 22.7 Å². The molecular weight excluding hydrogens is 439 g/mol. The SMILES string of the molecule is COc1ccc(-n2ncc(C(=O)Nc3ccc(N4CCN(C)CC4)cc3)c2C(F)(F)F)nn1. The molecule has 2 aromatic heterocycles. The summed E-state index contributed by atoms with van der Waals surface area (Å²) >= 11 is 0. The van der Waals surface area contributed by atoms with Gasteiger partial charge in [0.2, 0.25) is 5.88 Å². The summed E-state index contributed by atoms with van der Waals surface area (Å²) in [7, 11) is 3.42. The molecule has 1 aromatic carbocycles. The zero-order valence-corrected chi connectivity index (χ0v) is 18.0. The van der Waals surface area contributed by atoms with E-state index in [2.05, 4.69) is 37.5 Å². The highest BCUT2D eigenvalue weighted by Gasteiger charge is 2.41. The Labute approximate surface area is 187 Å². The third kappa shape index (κ3) is 4.90. The Kier molecular flexibility index (Phi) is 6.18. The zero-order chi connectivity index (χ0) is 23.6. The molecular formula is C21H22F3N7O2. The van der Waals surface area contributed by atoms with Crippen molar-refractivity contribution in [1.29, 1.82) is 0 Å². The maximum absolute atomic E-state index is 13.8. The molecule has 3 heterocycles. The van der Waals surface area contributed by atoms with Gasteiger partial charge in [-0.2, -0.15) is 18.3 Å². The van der Waals surface area contributed by atoms with Gasteiger partial charge in [0.25, 0.3) is 5.91 Å². The number of benzene rings is 1. The number of hydrogen-bond donors (Lipinski definition) is 1. The van der Waals surface area contributed by atoms with Gasteiger partial charge in [-0.05, 0) is 37.4 Å². The summed E-state index contributed by atoms with van der Waals surface area (Å²) in [5, 5.41) is 13.6. The van der Waals surface area contributed by atoms with Crippen molar-refractivity contribution >= 4 is 17.3 Å². The Bertz CT molecular complexity index is 1110. The molecule has 3 aromatic rings. The van der Waals surface area contributed by atoms with Crippen LogP contribution in [0.4, 0.5) is 24.5 Å². The average Bonchev–Trinajstić information content (AvgIpc) is 3.26. The number of methoxy groups -OCH3 is 1. The number of carbonyl (C=O) groups is 1. The van der Waals surface area contributed by atoms with Crippen molar-refractivity contribution in [1.82, 2.24) is 24.9 Å². The summed E-state index contributed by atoms with van der Waals surface area (Å²) in [5.74, 6) is -0.987. The zero-order valence-electron chi connectivity index (χ0n) is 18.0. The molecule has 1 aliphatic rings. The molecule has 1 N–H and O–H groups in total.